The van der Waals surface area contributed by atoms with Gasteiger partial charge in [0.25, 0.3) is 0 Å². The number of hydrogen-bond donors (Lipinski definition) is 1. The zero-order valence-corrected chi connectivity index (χ0v) is 13.0. The van der Waals surface area contributed by atoms with Gasteiger partial charge in [0.2, 0.25) is 10.0 Å². The lowest BCUT2D eigenvalue weighted by Crippen LogP contribution is -2.38. The molecule has 0 aliphatic carbocycles. The van der Waals surface area contributed by atoms with Crippen molar-refractivity contribution in [2.24, 2.45) is 11.8 Å². The van der Waals surface area contributed by atoms with Gasteiger partial charge in [-0.3, -0.25) is 0 Å². The van der Waals surface area contributed by atoms with Crippen molar-refractivity contribution in [2.45, 2.75) is 24.8 Å². The van der Waals surface area contributed by atoms with Crippen LogP contribution in [0.4, 0.5) is 0 Å². The molecule has 0 aromatic heterocycles. The first-order valence-electron chi connectivity index (χ1n) is 7.18. The molecule has 6 heteroatoms. The molecular weight excluding hydrogens is 286 g/mol. The number of fused-ring (bicyclic) bond motifs is 1. The Morgan fingerprint density at radius 3 is 2.76 bits per heavy atom. The molecule has 3 atom stereocenters. The second-order valence-electron chi connectivity index (χ2n) is 5.99. The Balaban J connectivity index is 1.96. The predicted molar refractivity (Wildman–Crippen MR) is 79.1 cm³/mol. The van der Waals surface area contributed by atoms with Crippen LogP contribution in [0, 0.1) is 30.1 Å². The van der Waals surface area contributed by atoms with Gasteiger partial charge in [-0.1, -0.05) is 0 Å². The number of nitrogens with zero attached hydrogens (tertiary/aromatic N) is 2. The Morgan fingerprint density at radius 2 is 2.14 bits per heavy atom. The van der Waals surface area contributed by atoms with E-state index in [2.05, 4.69) is 5.32 Å². The number of hydrogen-bond acceptors (Lipinski definition) is 4. The Labute approximate surface area is 125 Å². The van der Waals surface area contributed by atoms with Crippen LogP contribution in [0.3, 0.4) is 0 Å². The van der Waals surface area contributed by atoms with Crippen LogP contribution in [0.15, 0.2) is 23.1 Å². The standard InChI is InChI=1S/C15H19N3O2S/c1-10-5-12(6-16)3-4-15(10)21(19,20)18-9-13-7-17-8-14(13)11(18)2/h3-5,11,13-14,17H,7-9H2,1-2H3. The zero-order valence-electron chi connectivity index (χ0n) is 12.2. The van der Waals surface area contributed by atoms with Gasteiger partial charge < -0.3 is 5.32 Å². The SMILES string of the molecule is Cc1cc(C#N)ccc1S(=O)(=O)N1CC2CNCC2C1C. The number of rotatable bonds is 2. The van der Waals surface area contributed by atoms with Crippen LogP contribution >= 0.6 is 0 Å². The fourth-order valence-electron chi connectivity index (χ4n) is 3.58. The summed E-state index contributed by atoms with van der Waals surface area (Å²) < 4.78 is 27.5. The molecular formula is C15H19N3O2S. The zero-order chi connectivity index (χ0) is 15.2. The first-order chi connectivity index (χ1) is 9.95. The van der Waals surface area contributed by atoms with Crippen molar-refractivity contribution in [3.05, 3.63) is 29.3 Å². The van der Waals surface area contributed by atoms with Gasteiger partial charge >= 0.3 is 0 Å². The van der Waals surface area contributed by atoms with Crippen molar-refractivity contribution in [1.29, 1.82) is 5.26 Å². The van der Waals surface area contributed by atoms with E-state index in [-0.39, 0.29) is 6.04 Å². The van der Waals surface area contributed by atoms with Crippen LogP contribution < -0.4 is 5.32 Å². The molecule has 2 heterocycles. The van der Waals surface area contributed by atoms with E-state index in [9.17, 15) is 8.42 Å². The lowest BCUT2D eigenvalue weighted by atomic mass is 9.95. The summed E-state index contributed by atoms with van der Waals surface area (Å²) in [6.07, 6.45) is 0. The van der Waals surface area contributed by atoms with Crippen LogP contribution in [0.2, 0.25) is 0 Å². The van der Waals surface area contributed by atoms with E-state index in [0.29, 0.717) is 34.4 Å². The van der Waals surface area contributed by atoms with Gasteiger partial charge in [0, 0.05) is 12.6 Å². The van der Waals surface area contributed by atoms with E-state index in [4.69, 9.17) is 5.26 Å². The molecule has 3 unspecified atom stereocenters. The molecule has 1 aromatic carbocycles. The highest BCUT2D eigenvalue weighted by atomic mass is 32.2. The van der Waals surface area contributed by atoms with Crippen molar-refractivity contribution in [1.82, 2.24) is 9.62 Å². The lowest BCUT2D eigenvalue weighted by Gasteiger charge is -2.24. The van der Waals surface area contributed by atoms with Gasteiger partial charge in [0.1, 0.15) is 0 Å². The highest BCUT2D eigenvalue weighted by Gasteiger charge is 2.47. The average Bonchev–Trinajstić information content (AvgIpc) is 3.02. The van der Waals surface area contributed by atoms with Gasteiger partial charge in [-0.2, -0.15) is 9.57 Å². The molecule has 0 saturated carbocycles. The second kappa shape index (κ2) is 5.09. The summed E-state index contributed by atoms with van der Waals surface area (Å²) in [6, 6.07) is 6.82. The fourth-order valence-corrected chi connectivity index (χ4v) is 5.52. The minimum absolute atomic E-state index is 0.0186. The third-order valence-electron chi connectivity index (χ3n) is 4.77. The summed E-state index contributed by atoms with van der Waals surface area (Å²) in [6.45, 7) is 6.11. The molecule has 2 aliphatic rings. The maximum Gasteiger partial charge on any atom is 0.243 e. The summed E-state index contributed by atoms with van der Waals surface area (Å²) in [7, 11) is -3.49. The maximum absolute atomic E-state index is 12.9. The van der Waals surface area contributed by atoms with E-state index in [1.54, 1.807) is 29.4 Å². The van der Waals surface area contributed by atoms with E-state index in [0.717, 1.165) is 13.1 Å². The molecule has 2 aliphatic heterocycles. The van der Waals surface area contributed by atoms with Crippen LogP contribution in [0.5, 0.6) is 0 Å². The summed E-state index contributed by atoms with van der Waals surface area (Å²) in [4.78, 5) is 0.321. The van der Waals surface area contributed by atoms with E-state index >= 15 is 0 Å². The van der Waals surface area contributed by atoms with Crippen LogP contribution in [-0.2, 0) is 10.0 Å². The average molecular weight is 305 g/mol. The largest absolute Gasteiger partial charge is 0.316 e. The molecule has 1 N–H and O–H groups in total. The topological polar surface area (TPSA) is 73.2 Å². The van der Waals surface area contributed by atoms with Crippen LogP contribution in [0.1, 0.15) is 18.1 Å². The van der Waals surface area contributed by atoms with Gasteiger partial charge in [-0.15, -0.1) is 0 Å². The highest BCUT2D eigenvalue weighted by Crippen LogP contribution is 2.36. The Morgan fingerprint density at radius 1 is 1.38 bits per heavy atom. The predicted octanol–water partition coefficient (Wildman–Crippen LogP) is 1.10. The van der Waals surface area contributed by atoms with Gasteiger partial charge in [0.15, 0.2) is 0 Å². The smallest absolute Gasteiger partial charge is 0.243 e. The summed E-state index contributed by atoms with van der Waals surface area (Å²) in [5.41, 5.74) is 1.12. The van der Waals surface area contributed by atoms with Gasteiger partial charge in [0.05, 0.1) is 16.5 Å². The van der Waals surface area contributed by atoms with Crippen molar-refractivity contribution in [3.63, 3.8) is 0 Å². The molecule has 0 bridgehead atoms. The molecule has 0 amide bonds. The van der Waals surface area contributed by atoms with Crippen LogP contribution in [0.25, 0.3) is 0 Å². The van der Waals surface area contributed by atoms with E-state index in [1.165, 1.54) is 0 Å². The van der Waals surface area contributed by atoms with Crippen molar-refractivity contribution >= 4 is 10.0 Å². The normalized spacial score (nSPS) is 29.3. The number of benzene rings is 1. The van der Waals surface area contributed by atoms with Crippen molar-refractivity contribution < 1.29 is 8.42 Å². The highest BCUT2D eigenvalue weighted by molar-refractivity contribution is 7.89. The Bertz CT molecular complexity index is 708. The molecule has 2 fully saturated rings. The number of aryl methyl sites for hydroxylation is 1. The third-order valence-corrected chi connectivity index (χ3v) is 6.88. The van der Waals surface area contributed by atoms with Crippen molar-refractivity contribution in [3.8, 4) is 6.07 Å². The molecule has 21 heavy (non-hydrogen) atoms. The first kappa shape index (κ1) is 14.5. The minimum atomic E-state index is -3.49. The molecule has 0 spiro atoms. The summed E-state index contributed by atoms with van der Waals surface area (Å²) >= 11 is 0. The molecule has 0 radical (unpaired) electrons. The van der Waals surface area contributed by atoms with Gasteiger partial charge in [-0.25, -0.2) is 8.42 Å². The quantitative estimate of drug-likeness (QED) is 0.888. The molecule has 5 nitrogen and oxygen atoms in total. The van der Waals surface area contributed by atoms with Crippen molar-refractivity contribution in [2.75, 3.05) is 19.6 Å². The lowest BCUT2D eigenvalue weighted by molar-refractivity contribution is 0.360. The van der Waals surface area contributed by atoms with Crippen LogP contribution in [-0.4, -0.2) is 38.4 Å². The maximum atomic E-state index is 12.9. The summed E-state index contributed by atoms with van der Waals surface area (Å²) in [5.74, 6) is 0.812. The number of nitrogens with one attached hydrogen (secondary N) is 1. The molecule has 3 rings (SSSR count). The Kier molecular flexibility index (Phi) is 3.52. The van der Waals surface area contributed by atoms with E-state index < -0.39 is 10.0 Å². The fraction of sp³-hybridized carbons (Fsp3) is 0.533. The second-order valence-corrected chi connectivity index (χ2v) is 7.85. The number of nitriles is 1. The third kappa shape index (κ3) is 2.26. The monoisotopic (exact) mass is 305 g/mol. The molecule has 2 saturated heterocycles. The summed E-state index contributed by atoms with van der Waals surface area (Å²) in [5, 5.41) is 12.2. The molecule has 1 aromatic rings. The first-order valence-corrected chi connectivity index (χ1v) is 8.62. The number of sulfonamides is 1. The minimum Gasteiger partial charge on any atom is -0.316 e. The van der Waals surface area contributed by atoms with Gasteiger partial charge in [-0.05, 0) is 62.5 Å². The Hall–Kier alpha value is -1.42. The van der Waals surface area contributed by atoms with E-state index in [1.807, 2.05) is 13.0 Å². The molecule has 112 valence electrons.